The zero-order valence-electron chi connectivity index (χ0n) is 15.2. The number of alkyl halides is 3. The fourth-order valence-corrected chi connectivity index (χ4v) is 2.96. The van der Waals surface area contributed by atoms with Crippen LogP contribution in [0.4, 0.5) is 13.2 Å². The lowest BCUT2D eigenvalue weighted by atomic mass is 10.1. The second kappa shape index (κ2) is 7.09. The van der Waals surface area contributed by atoms with Gasteiger partial charge in [0.25, 0.3) is 5.91 Å². The van der Waals surface area contributed by atoms with Crippen molar-refractivity contribution in [3.8, 4) is 0 Å². The van der Waals surface area contributed by atoms with Gasteiger partial charge in [-0.15, -0.1) is 0 Å². The van der Waals surface area contributed by atoms with E-state index in [9.17, 15) is 18.0 Å². The van der Waals surface area contributed by atoms with Gasteiger partial charge in [0.15, 0.2) is 0 Å². The molecule has 8 heteroatoms. The molecule has 0 radical (unpaired) electrons. The first-order valence-corrected chi connectivity index (χ1v) is 8.53. The second-order valence-electron chi connectivity index (χ2n) is 6.78. The molecule has 5 nitrogen and oxygen atoms in total. The fourth-order valence-electron chi connectivity index (χ4n) is 2.96. The van der Waals surface area contributed by atoms with Crippen molar-refractivity contribution in [1.29, 1.82) is 0 Å². The van der Waals surface area contributed by atoms with Crippen LogP contribution >= 0.6 is 0 Å². The molecular weight excluding hydrogens is 359 g/mol. The summed E-state index contributed by atoms with van der Waals surface area (Å²) in [5, 5.41) is 7.50. The third-order valence-corrected chi connectivity index (χ3v) is 4.19. The summed E-state index contributed by atoms with van der Waals surface area (Å²) in [5.74, 6) is 0.246. The Morgan fingerprint density at radius 3 is 2.70 bits per heavy atom. The van der Waals surface area contributed by atoms with E-state index in [1.807, 2.05) is 13.0 Å². The molecule has 1 N–H and O–H groups in total. The summed E-state index contributed by atoms with van der Waals surface area (Å²) in [6, 6.07) is 7.97. The van der Waals surface area contributed by atoms with Crippen LogP contribution in [0, 0.1) is 19.8 Å². The minimum atomic E-state index is -4.46. The van der Waals surface area contributed by atoms with Crippen LogP contribution in [0.5, 0.6) is 0 Å². The normalized spacial score (nSPS) is 13.1. The SMILES string of the molecule is Cc1cc(C(F)(F)F)n(CC(C)CNC(=O)c2ccc3oc(C)cc3c2)n1. The first-order valence-electron chi connectivity index (χ1n) is 8.53. The van der Waals surface area contributed by atoms with E-state index in [1.165, 1.54) is 6.92 Å². The number of benzene rings is 1. The van der Waals surface area contributed by atoms with Gasteiger partial charge in [0.2, 0.25) is 0 Å². The van der Waals surface area contributed by atoms with Crippen molar-refractivity contribution in [2.75, 3.05) is 6.54 Å². The molecule has 3 aromatic rings. The maximum absolute atomic E-state index is 13.0. The fraction of sp³-hybridized carbons (Fsp3) is 0.368. The number of aryl methyl sites for hydroxylation is 2. The Bertz CT molecular complexity index is 972. The van der Waals surface area contributed by atoms with Gasteiger partial charge in [0, 0.05) is 24.0 Å². The van der Waals surface area contributed by atoms with Crippen LogP contribution in [0.25, 0.3) is 11.0 Å². The predicted octanol–water partition coefficient (Wildman–Crippen LogP) is 4.33. The zero-order valence-corrected chi connectivity index (χ0v) is 15.2. The number of rotatable bonds is 5. The topological polar surface area (TPSA) is 60.1 Å². The molecule has 0 aliphatic rings. The van der Waals surface area contributed by atoms with E-state index < -0.39 is 11.9 Å². The maximum atomic E-state index is 13.0. The van der Waals surface area contributed by atoms with Crippen LogP contribution in [0.3, 0.4) is 0 Å². The Labute approximate surface area is 154 Å². The van der Waals surface area contributed by atoms with E-state index in [-0.39, 0.29) is 24.9 Å². The summed E-state index contributed by atoms with van der Waals surface area (Å²) in [5.41, 5.74) is 0.703. The highest BCUT2D eigenvalue weighted by atomic mass is 19.4. The molecule has 3 rings (SSSR count). The van der Waals surface area contributed by atoms with E-state index in [2.05, 4.69) is 10.4 Å². The van der Waals surface area contributed by atoms with Crippen molar-refractivity contribution in [2.45, 2.75) is 33.5 Å². The number of fused-ring (bicyclic) bond motifs is 1. The number of hydrogen-bond acceptors (Lipinski definition) is 3. The van der Waals surface area contributed by atoms with Crippen LogP contribution < -0.4 is 5.32 Å². The molecule has 1 aromatic carbocycles. The molecule has 0 aliphatic carbocycles. The lowest BCUT2D eigenvalue weighted by Gasteiger charge is -2.16. The summed E-state index contributed by atoms with van der Waals surface area (Å²) < 4.78 is 45.5. The number of carbonyl (C=O) groups is 1. The molecule has 0 spiro atoms. The van der Waals surface area contributed by atoms with Crippen molar-refractivity contribution in [1.82, 2.24) is 15.1 Å². The van der Waals surface area contributed by atoms with Gasteiger partial charge < -0.3 is 9.73 Å². The molecule has 0 saturated carbocycles. The Morgan fingerprint density at radius 2 is 2.00 bits per heavy atom. The number of hydrogen-bond donors (Lipinski definition) is 1. The van der Waals surface area contributed by atoms with Crippen molar-refractivity contribution in [3.05, 3.63) is 53.0 Å². The van der Waals surface area contributed by atoms with E-state index >= 15 is 0 Å². The molecule has 1 amide bonds. The summed E-state index contributed by atoms with van der Waals surface area (Å²) in [6.45, 7) is 5.40. The van der Waals surface area contributed by atoms with Crippen LogP contribution in [-0.4, -0.2) is 22.2 Å². The van der Waals surface area contributed by atoms with E-state index in [0.29, 0.717) is 16.8 Å². The molecule has 27 heavy (non-hydrogen) atoms. The van der Waals surface area contributed by atoms with Crippen molar-refractivity contribution >= 4 is 16.9 Å². The number of halogens is 3. The van der Waals surface area contributed by atoms with E-state index in [1.54, 1.807) is 25.1 Å². The first kappa shape index (κ1) is 19.0. The second-order valence-corrected chi connectivity index (χ2v) is 6.78. The van der Waals surface area contributed by atoms with Crippen LogP contribution in [0.2, 0.25) is 0 Å². The summed E-state index contributed by atoms with van der Waals surface area (Å²) in [4.78, 5) is 12.3. The van der Waals surface area contributed by atoms with Gasteiger partial charge in [0.1, 0.15) is 17.0 Å². The smallest absolute Gasteiger partial charge is 0.433 e. The van der Waals surface area contributed by atoms with Gasteiger partial charge in [-0.2, -0.15) is 18.3 Å². The third kappa shape index (κ3) is 4.32. The molecule has 144 valence electrons. The largest absolute Gasteiger partial charge is 0.461 e. The Balaban J connectivity index is 1.63. The molecule has 0 fully saturated rings. The van der Waals surface area contributed by atoms with E-state index in [0.717, 1.165) is 21.9 Å². The van der Waals surface area contributed by atoms with Gasteiger partial charge in [-0.3, -0.25) is 9.48 Å². The van der Waals surface area contributed by atoms with Gasteiger partial charge in [-0.25, -0.2) is 0 Å². The number of carbonyl (C=O) groups excluding carboxylic acids is 1. The van der Waals surface area contributed by atoms with Crippen molar-refractivity contribution in [3.63, 3.8) is 0 Å². The number of aromatic nitrogens is 2. The summed E-state index contributed by atoms with van der Waals surface area (Å²) in [6.07, 6.45) is -4.46. The average molecular weight is 379 g/mol. The van der Waals surface area contributed by atoms with Gasteiger partial charge in [0.05, 0.1) is 5.69 Å². The standard InChI is InChI=1S/C19H20F3N3O2/c1-11(10-25-17(19(20,21)22)6-12(2)24-25)9-23-18(26)14-4-5-16-15(8-14)7-13(3)27-16/h4-8,11H,9-10H2,1-3H3,(H,23,26). The van der Waals surface area contributed by atoms with Gasteiger partial charge in [-0.05, 0) is 50.1 Å². The molecule has 2 aromatic heterocycles. The minimum Gasteiger partial charge on any atom is -0.461 e. The summed E-state index contributed by atoms with van der Waals surface area (Å²) in [7, 11) is 0. The Kier molecular flexibility index (Phi) is 4.99. The predicted molar refractivity (Wildman–Crippen MR) is 94.4 cm³/mol. The van der Waals surface area contributed by atoms with Gasteiger partial charge in [-0.1, -0.05) is 6.92 Å². The first-order chi connectivity index (χ1) is 12.6. The molecule has 2 heterocycles. The summed E-state index contributed by atoms with van der Waals surface area (Å²) >= 11 is 0. The van der Waals surface area contributed by atoms with Crippen LogP contribution in [0.15, 0.2) is 34.7 Å². The monoisotopic (exact) mass is 379 g/mol. The molecular formula is C19H20F3N3O2. The zero-order chi connectivity index (χ0) is 19.8. The average Bonchev–Trinajstić information content (AvgIpc) is 3.12. The quantitative estimate of drug-likeness (QED) is 0.718. The minimum absolute atomic E-state index is 0.0585. The molecule has 0 saturated heterocycles. The molecule has 0 aliphatic heterocycles. The maximum Gasteiger partial charge on any atom is 0.433 e. The van der Waals surface area contributed by atoms with Gasteiger partial charge >= 0.3 is 6.18 Å². The van der Waals surface area contributed by atoms with E-state index in [4.69, 9.17) is 4.42 Å². The number of nitrogens with one attached hydrogen (secondary N) is 1. The van der Waals surface area contributed by atoms with Crippen LogP contribution in [0.1, 0.15) is 34.4 Å². The number of furan rings is 1. The lowest BCUT2D eigenvalue weighted by Crippen LogP contribution is -2.31. The highest BCUT2D eigenvalue weighted by Gasteiger charge is 2.35. The number of amides is 1. The Hall–Kier alpha value is -2.77. The van der Waals surface area contributed by atoms with Crippen LogP contribution in [-0.2, 0) is 12.7 Å². The highest BCUT2D eigenvalue weighted by molar-refractivity contribution is 5.97. The third-order valence-electron chi connectivity index (χ3n) is 4.19. The molecule has 0 bridgehead atoms. The Morgan fingerprint density at radius 1 is 1.26 bits per heavy atom. The lowest BCUT2D eigenvalue weighted by molar-refractivity contribution is -0.144. The highest BCUT2D eigenvalue weighted by Crippen LogP contribution is 2.30. The van der Waals surface area contributed by atoms with Crippen molar-refractivity contribution in [2.24, 2.45) is 5.92 Å². The molecule has 1 unspecified atom stereocenters. The number of nitrogens with zero attached hydrogens (tertiary/aromatic N) is 2. The molecule has 1 atom stereocenters. The van der Waals surface area contributed by atoms with Crippen molar-refractivity contribution < 1.29 is 22.4 Å².